The van der Waals surface area contributed by atoms with Gasteiger partial charge in [0, 0.05) is 32.4 Å². The fraction of sp³-hybridized carbons (Fsp3) is 0.350. The second-order valence-corrected chi connectivity index (χ2v) is 7.19. The van der Waals surface area contributed by atoms with Gasteiger partial charge in [-0.3, -0.25) is 4.79 Å². The largest absolute Gasteiger partial charge is 0.496 e. The van der Waals surface area contributed by atoms with Crippen LogP contribution in [0.15, 0.2) is 46.9 Å². The molecule has 0 unspecified atom stereocenters. The lowest BCUT2D eigenvalue weighted by Gasteiger charge is -2.16. The first-order chi connectivity index (χ1) is 12.4. The van der Waals surface area contributed by atoms with Gasteiger partial charge < -0.3 is 20.3 Å². The molecule has 0 fully saturated rings. The van der Waals surface area contributed by atoms with E-state index in [1.165, 1.54) is 0 Å². The van der Waals surface area contributed by atoms with E-state index in [1.54, 1.807) is 7.11 Å². The summed E-state index contributed by atoms with van der Waals surface area (Å²) in [6, 6.07) is 14.1. The second-order valence-electron chi connectivity index (χ2n) is 6.33. The van der Waals surface area contributed by atoms with Crippen LogP contribution in [0.5, 0.6) is 5.75 Å². The standard InChI is InChI=1S/C20H26BrN3O2/c1-14(16-7-10-19(26-4)18(21)11-16)22-13-20(25)23-12-15-5-8-17(9-6-15)24(2)3/h5-11,14,22H,12-13H2,1-4H3,(H,23,25)/t14-/m1/s1. The van der Waals surface area contributed by atoms with Crippen molar-refractivity contribution in [3.05, 3.63) is 58.1 Å². The van der Waals surface area contributed by atoms with Crippen molar-refractivity contribution in [1.29, 1.82) is 0 Å². The molecule has 0 aliphatic heterocycles. The molecule has 0 aromatic heterocycles. The van der Waals surface area contributed by atoms with Crippen LogP contribution in [0.1, 0.15) is 24.1 Å². The van der Waals surface area contributed by atoms with Crippen molar-refractivity contribution in [1.82, 2.24) is 10.6 Å². The molecule has 1 atom stereocenters. The first kappa shape index (κ1) is 20.3. The zero-order chi connectivity index (χ0) is 19.1. The Morgan fingerprint density at radius 1 is 1.19 bits per heavy atom. The van der Waals surface area contributed by atoms with Gasteiger partial charge >= 0.3 is 0 Å². The van der Waals surface area contributed by atoms with E-state index in [4.69, 9.17) is 4.74 Å². The average molecular weight is 420 g/mol. The number of rotatable bonds is 8. The van der Waals surface area contributed by atoms with Crippen molar-refractivity contribution in [3.8, 4) is 5.75 Å². The Balaban J connectivity index is 1.80. The molecule has 1 amide bonds. The molecule has 0 aliphatic carbocycles. The molecule has 0 spiro atoms. The van der Waals surface area contributed by atoms with Crippen LogP contribution in [0.25, 0.3) is 0 Å². The molecule has 0 bridgehead atoms. The topological polar surface area (TPSA) is 53.6 Å². The number of hydrogen-bond donors (Lipinski definition) is 2. The van der Waals surface area contributed by atoms with E-state index in [0.717, 1.165) is 27.0 Å². The van der Waals surface area contributed by atoms with Gasteiger partial charge in [-0.25, -0.2) is 0 Å². The number of amides is 1. The number of hydrogen-bond acceptors (Lipinski definition) is 4. The Hall–Kier alpha value is -2.05. The van der Waals surface area contributed by atoms with Crippen molar-refractivity contribution < 1.29 is 9.53 Å². The molecule has 0 heterocycles. The minimum atomic E-state index is -0.0267. The van der Waals surface area contributed by atoms with E-state index in [2.05, 4.69) is 26.6 Å². The summed E-state index contributed by atoms with van der Waals surface area (Å²) < 4.78 is 6.14. The summed E-state index contributed by atoms with van der Waals surface area (Å²) in [4.78, 5) is 14.1. The second kappa shape index (κ2) is 9.59. The molecule has 6 heteroatoms. The van der Waals surface area contributed by atoms with Gasteiger partial charge in [0.2, 0.25) is 5.91 Å². The molecule has 2 aromatic carbocycles. The van der Waals surface area contributed by atoms with E-state index < -0.39 is 0 Å². The maximum Gasteiger partial charge on any atom is 0.234 e. The van der Waals surface area contributed by atoms with Crippen LogP contribution in [0.3, 0.4) is 0 Å². The summed E-state index contributed by atoms with van der Waals surface area (Å²) in [5, 5.41) is 6.18. The lowest BCUT2D eigenvalue weighted by molar-refractivity contribution is -0.120. The Bertz CT molecular complexity index is 732. The maximum absolute atomic E-state index is 12.1. The number of ether oxygens (including phenoxy) is 1. The number of methoxy groups -OCH3 is 1. The van der Waals surface area contributed by atoms with Crippen LogP contribution in [0, 0.1) is 0 Å². The molecule has 0 saturated heterocycles. The molecule has 2 N–H and O–H groups in total. The lowest BCUT2D eigenvalue weighted by atomic mass is 10.1. The Labute approximate surface area is 163 Å². The zero-order valence-corrected chi connectivity index (χ0v) is 17.3. The first-order valence-corrected chi connectivity index (χ1v) is 9.29. The van der Waals surface area contributed by atoms with Gasteiger partial charge in [-0.15, -0.1) is 0 Å². The Morgan fingerprint density at radius 2 is 1.88 bits per heavy atom. The highest BCUT2D eigenvalue weighted by Gasteiger charge is 2.10. The number of carbonyl (C=O) groups is 1. The SMILES string of the molecule is COc1ccc([C@@H](C)NCC(=O)NCc2ccc(N(C)C)cc2)cc1Br. The highest BCUT2D eigenvalue weighted by atomic mass is 79.9. The van der Waals surface area contributed by atoms with Gasteiger partial charge in [0.1, 0.15) is 5.75 Å². The van der Waals surface area contributed by atoms with Crippen molar-refractivity contribution in [2.75, 3.05) is 32.6 Å². The van der Waals surface area contributed by atoms with E-state index in [-0.39, 0.29) is 18.5 Å². The number of anilines is 1. The van der Waals surface area contributed by atoms with E-state index >= 15 is 0 Å². The smallest absolute Gasteiger partial charge is 0.234 e. The number of benzene rings is 2. The predicted octanol–water partition coefficient (Wildman–Crippen LogP) is 3.49. The molecule has 2 rings (SSSR count). The summed E-state index contributed by atoms with van der Waals surface area (Å²) >= 11 is 3.49. The fourth-order valence-corrected chi connectivity index (χ4v) is 3.05. The monoisotopic (exact) mass is 419 g/mol. The maximum atomic E-state index is 12.1. The third-order valence-corrected chi connectivity index (χ3v) is 4.81. The van der Waals surface area contributed by atoms with Gasteiger partial charge in [0.05, 0.1) is 18.1 Å². The predicted molar refractivity (Wildman–Crippen MR) is 110 cm³/mol. The number of nitrogens with one attached hydrogen (secondary N) is 2. The minimum Gasteiger partial charge on any atom is -0.496 e. The molecule has 0 radical (unpaired) electrons. The molecule has 5 nitrogen and oxygen atoms in total. The Morgan fingerprint density at radius 3 is 2.46 bits per heavy atom. The van der Waals surface area contributed by atoms with Crippen LogP contribution in [-0.2, 0) is 11.3 Å². The molecule has 0 saturated carbocycles. The zero-order valence-electron chi connectivity index (χ0n) is 15.7. The first-order valence-electron chi connectivity index (χ1n) is 8.50. The molecular formula is C20H26BrN3O2. The number of nitrogens with zero attached hydrogens (tertiary/aromatic N) is 1. The number of halogens is 1. The minimum absolute atomic E-state index is 0.0267. The molecule has 26 heavy (non-hydrogen) atoms. The third-order valence-electron chi connectivity index (χ3n) is 4.19. The quantitative estimate of drug-likeness (QED) is 0.687. The van der Waals surface area contributed by atoms with Crippen molar-refractivity contribution in [2.45, 2.75) is 19.5 Å². The molecular weight excluding hydrogens is 394 g/mol. The van der Waals surface area contributed by atoms with Crippen LogP contribution in [-0.4, -0.2) is 33.7 Å². The summed E-state index contributed by atoms with van der Waals surface area (Å²) in [5.41, 5.74) is 3.31. The summed E-state index contributed by atoms with van der Waals surface area (Å²) in [7, 11) is 5.65. The summed E-state index contributed by atoms with van der Waals surface area (Å²) in [5.74, 6) is 0.764. The van der Waals surface area contributed by atoms with Crippen LogP contribution in [0.4, 0.5) is 5.69 Å². The van der Waals surface area contributed by atoms with Gasteiger partial charge in [-0.2, -0.15) is 0 Å². The Kier molecular flexibility index (Phi) is 7.48. The van der Waals surface area contributed by atoms with E-state index in [0.29, 0.717) is 6.54 Å². The van der Waals surface area contributed by atoms with Crippen LogP contribution >= 0.6 is 15.9 Å². The fourth-order valence-electron chi connectivity index (χ4n) is 2.49. The van der Waals surface area contributed by atoms with Gasteiger partial charge in [0.25, 0.3) is 0 Å². The van der Waals surface area contributed by atoms with Crippen molar-refractivity contribution in [3.63, 3.8) is 0 Å². The van der Waals surface area contributed by atoms with E-state index in [9.17, 15) is 4.79 Å². The highest BCUT2D eigenvalue weighted by Crippen LogP contribution is 2.27. The average Bonchev–Trinajstić information content (AvgIpc) is 2.64. The molecule has 2 aromatic rings. The molecule has 0 aliphatic rings. The summed E-state index contributed by atoms with van der Waals surface area (Å²) in [6.45, 7) is 2.82. The molecule has 140 valence electrons. The van der Waals surface area contributed by atoms with E-state index in [1.807, 2.05) is 68.4 Å². The highest BCUT2D eigenvalue weighted by molar-refractivity contribution is 9.10. The van der Waals surface area contributed by atoms with Gasteiger partial charge in [-0.1, -0.05) is 18.2 Å². The lowest BCUT2D eigenvalue weighted by Crippen LogP contribution is -2.34. The normalized spacial score (nSPS) is 11.7. The third kappa shape index (κ3) is 5.75. The number of carbonyl (C=O) groups excluding carboxylic acids is 1. The van der Waals surface area contributed by atoms with Crippen LogP contribution < -0.4 is 20.3 Å². The van der Waals surface area contributed by atoms with Crippen LogP contribution in [0.2, 0.25) is 0 Å². The van der Waals surface area contributed by atoms with Crippen molar-refractivity contribution in [2.24, 2.45) is 0 Å². The van der Waals surface area contributed by atoms with Crippen molar-refractivity contribution >= 4 is 27.5 Å². The van der Waals surface area contributed by atoms with Gasteiger partial charge in [-0.05, 0) is 58.2 Å². The summed E-state index contributed by atoms with van der Waals surface area (Å²) in [6.07, 6.45) is 0. The van der Waals surface area contributed by atoms with Gasteiger partial charge in [0.15, 0.2) is 0 Å².